The van der Waals surface area contributed by atoms with E-state index in [0.717, 1.165) is 18.5 Å². The second kappa shape index (κ2) is 6.05. The summed E-state index contributed by atoms with van der Waals surface area (Å²) in [5.74, 6) is -1.25. The minimum atomic E-state index is -1.15. The molecule has 0 saturated carbocycles. The lowest BCUT2D eigenvalue weighted by Crippen LogP contribution is -2.62. The Hall–Kier alpha value is -1.88. The topological polar surface area (TPSA) is 69.6 Å². The molecule has 0 bridgehead atoms. The van der Waals surface area contributed by atoms with E-state index in [1.165, 1.54) is 6.92 Å². The maximum absolute atomic E-state index is 11.6. The Morgan fingerprint density at radius 2 is 2.05 bits per heavy atom. The molecule has 5 nitrogen and oxygen atoms in total. The fourth-order valence-electron chi connectivity index (χ4n) is 2.79. The first kappa shape index (κ1) is 14.5. The number of carboxylic acids is 1. The molecular weight excluding hydrogens is 256 g/mol. The number of aliphatic carboxylic acids is 1. The molecule has 0 unspecified atom stereocenters. The first-order valence-electron chi connectivity index (χ1n) is 6.80. The molecule has 1 aromatic rings. The number of carboxylic acid groups (broad SMARTS) is 1. The van der Waals surface area contributed by atoms with Crippen molar-refractivity contribution in [1.29, 1.82) is 0 Å². The van der Waals surface area contributed by atoms with Gasteiger partial charge in [0, 0.05) is 20.0 Å². The first-order valence-corrected chi connectivity index (χ1v) is 6.80. The predicted octanol–water partition coefficient (Wildman–Crippen LogP) is 1.24. The van der Waals surface area contributed by atoms with Crippen molar-refractivity contribution < 1.29 is 14.7 Å². The van der Waals surface area contributed by atoms with E-state index < -0.39 is 11.5 Å². The molecule has 1 heterocycles. The van der Waals surface area contributed by atoms with E-state index in [1.54, 1.807) is 0 Å². The monoisotopic (exact) mass is 276 g/mol. The van der Waals surface area contributed by atoms with E-state index in [4.69, 9.17) is 0 Å². The maximum Gasteiger partial charge on any atom is 0.330 e. The molecule has 108 valence electrons. The number of hydrogen-bond donors (Lipinski definition) is 2. The Balaban J connectivity index is 2.09. The Morgan fingerprint density at radius 3 is 2.65 bits per heavy atom. The molecule has 0 radical (unpaired) electrons. The zero-order valence-corrected chi connectivity index (χ0v) is 11.6. The van der Waals surface area contributed by atoms with Gasteiger partial charge in [-0.3, -0.25) is 9.69 Å². The summed E-state index contributed by atoms with van der Waals surface area (Å²) in [4.78, 5) is 24.9. The predicted molar refractivity (Wildman–Crippen MR) is 75.1 cm³/mol. The second-order valence-corrected chi connectivity index (χ2v) is 5.37. The summed E-state index contributed by atoms with van der Waals surface area (Å²) in [6.07, 6.45) is 1.24. The summed E-state index contributed by atoms with van der Waals surface area (Å²) in [5, 5.41) is 12.1. The minimum absolute atomic E-state index is 0.297. The highest BCUT2D eigenvalue weighted by atomic mass is 16.4. The van der Waals surface area contributed by atoms with E-state index in [-0.39, 0.29) is 5.91 Å². The van der Waals surface area contributed by atoms with Gasteiger partial charge in [-0.2, -0.15) is 0 Å². The third-order valence-corrected chi connectivity index (χ3v) is 3.65. The summed E-state index contributed by atoms with van der Waals surface area (Å²) < 4.78 is 0. The Kier molecular flexibility index (Phi) is 4.39. The fourth-order valence-corrected chi connectivity index (χ4v) is 2.79. The number of carbonyl (C=O) groups excluding carboxylic acids is 1. The van der Waals surface area contributed by atoms with Crippen molar-refractivity contribution in [3.8, 4) is 0 Å². The van der Waals surface area contributed by atoms with Crippen LogP contribution in [0, 0.1) is 0 Å². The van der Waals surface area contributed by atoms with Crippen molar-refractivity contribution in [2.45, 2.75) is 31.8 Å². The van der Waals surface area contributed by atoms with Gasteiger partial charge in [-0.1, -0.05) is 30.3 Å². The number of rotatable bonds is 4. The van der Waals surface area contributed by atoms with Crippen LogP contribution in [0.15, 0.2) is 30.3 Å². The summed E-state index contributed by atoms with van der Waals surface area (Å²) in [7, 11) is 0. The molecular formula is C15H20N2O3. The summed E-state index contributed by atoms with van der Waals surface area (Å²) in [6.45, 7) is 3.26. The SMILES string of the molecule is CC(=O)N[C@]1(C(=O)O)CCCN(Cc2ccccc2)C1. The van der Waals surface area contributed by atoms with Gasteiger partial charge in [0.2, 0.25) is 5.91 Å². The van der Waals surface area contributed by atoms with Crippen LogP contribution in [0.1, 0.15) is 25.3 Å². The molecule has 1 aromatic carbocycles. The number of amides is 1. The van der Waals surface area contributed by atoms with Crippen LogP contribution < -0.4 is 5.32 Å². The highest BCUT2D eigenvalue weighted by Gasteiger charge is 2.43. The molecule has 1 aliphatic rings. The Bertz CT molecular complexity index is 489. The number of nitrogens with one attached hydrogen (secondary N) is 1. The van der Waals surface area contributed by atoms with Gasteiger partial charge in [-0.05, 0) is 24.9 Å². The van der Waals surface area contributed by atoms with Crippen molar-refractivity contribution in [3.63, 3.8) is 0 Å². The zero-order chi connectivity index (χ0) is 14.6. The van der Waals surface area contributed by atoms with Gasteiger partial charge in [0.25, 0.3) is 0 Å². The molecule has 0 aliphatic carbocycles. The van der Waals surface area contributed by atoms with Crippen molar-refractivity contribution >= 4 is 11.9 Å². The van der Waals surface area contributed by atoms with Gasteiger partial charge < -0.3 is 10.4 Å². The standard InChI is InChI=1S/C15H20N2O3/c1-12(18)16-15(14(19)20)8-5-9-17(11-15)10-13-6-3-2-4-7-13/h2-4,6-7H,5,8-11H2,1H3,(H,16,18)(H,19,20)/t15-/m1/s1. The van der Waals surface area contributed by atoms with Crippen molar-refractivity contribution in [2.24, 2.45) is 0 Å². The summed E-state index contributed by atoms with van der Waals surface area (Å²) in [5.41, 5.74) is -0.00436. The van der Waals surface area contributed by atoms with Gasteiger partial charge >= 0.3 is 5.97 Å². The van der Waals surface area contributed by atoms with Crippen LogP contribution in [0.3, 0.4) is 0 Å². The lowest BCUT2D eigenvalue weighted by molar-refractivity contribution is -0.150. The Morgan fingerprint density at radius 1 is 1.35 bits per heavy atom. The van der Waals surface area contributed by atoms with Crippen LogP contribution in [-0.2, 0) is 16.1 Å². The van der Waals surface area contributed by atoms with Gasteiger partial charge in [0.05, 0.1) is 0 Å². The lowest BCUT2D eigenvalue weighted by atomic mass is 9.88. The molecule has 1 saturated heterocycles. The van der Waals surface area contributed by atoms with Gasteiger partial charge in [-0.25, -0.2) is 4.79 Å². The normalized spacial score (nSPS) is 23.2. The molecule has 1 fully saturated rings. The molecule has 2 N–H and O–H groups in total. The van der Waals surface area contributed by atoms with Crippen LogP contribution in [-0.4, -0.2) is 40.5 Å². The lowest BCUT2D eigenvalue weighted by Gasteiger charge is -2.40. The summed E-state index contributed by atoms with van der Waals surface area (Å²) in [6, 6.07) is 9.94. The van der Waals surface area contributed by atoms with Crippen molar-refractivity contribution in [2.75, 3.05) is 13.1 Å². The zero-order valence-electron chi connectivity index (χ0n) is 11.6. The number of piperidine rings is 1. The van der Waals surface area contributed by atoms with Gasteiger partial charge in [0.15, 0.2) is 5.54 Å². The molecule has 5 heteroatoms. The quantitative estimate of drug-likeness (QED) is 0.868. The smallest absolute Gasteiger partial charge is 0.330 e. The molecule has 1 atom stereocenters. The minimum Gasteiger partial charge on any atom is -0.479 e. The largest absolute Gasteiger partial charge is 0.479 e. The van der Waals surface area contributed by atoms with Crippen molar-refractivity contribution in [1.82, 2.24) is 10.2 Å². The molecule has 0 spiro atoms. The van der Waals surface area contributed by atoms with Crippen molar-refractivity contribution in [3.05, 3.63) is 35.9 Å². The van der Waals surface area contributed by atoms with E-state index >= 15 is 0 Å². The van der Waals surface area contributed by atoms with E-state index in [0.29, 0.717) is 19.5 Å². The van der Waals surface area contributed by atoms with Crippen LogP contribution in [0.25, 0.3) is 0 Å². The summed E-state index contributed by atoms with van der Waals surface area (Å²) >= 11 is 0. The highest BCUT2D eigenvalue weighted by molar-refractivity contribution is 5.86. The molecule has 0 aromatic heterocycles. The van der Waals surface area contributed by atoms with E-state index in [1.807, 2.05) is 30.3 Å². The van der Waals surface area contributed by atoms with E-state index in [2.05, 4.69) is 10.2 Å². The van der Waals surface area contributed by atoms with Crippen LogP contribution >= 0.6 is 0 Å². The van der Waals surface area contributed by atoms with Gasteiger partial charge in [-0.15, -0.1) is 0 Å². The van der Waals surface area contributed by atoms with Crippen LogP contribution in [0.2, 0.25) is 0 Å². The molecule has 1 amide bonds. The highest BCUT2D eigenvalue weighted by Crippen LogP contribution is 2.23. The second-order valence-electron chi connectivity index (χ2n) is 5.37. The molecule has 20 heavy (non-hydrogen) atoms. The van der Waals surface area contributed by atoms with E-state index in [9.17, 15) is 14.7 Å². The first-order chi connectivity index (χ1) is 9.52. The number of nitrogens with zero attached hydrogens (tertiary/aromatic N) is 1. The van der Waals surface area contributed by atoms with Gasteiger partial charge in [0.1, 0.15) is 0 Å². The molecule has 2 rings (SSSR count). The van der Waals surface area contributed by atoms with Crippen LogP contribution in [0.5, 0.6) is 0 Å². The fraction of sp³-hybridized carbons (Fsp3) is 0.467. The maximum atomic E-state index is 11.6. The third-order valence-electron chi connectivity index (χ3n) is 3.65. The van der Waals surface area contributed by atoms with Crippen LogP contribution in [0.4, 0.5) is 0 Å². The average Bonchev–Trinajstić information content (AvgIpc) is 2.39. The number of benzene rings is 1. The Labute approximate surface area is 118 Å². The number of hydrogen-bond acceptors (Lipinski definition) is 3. The number of likely N-dealkylation sites (tertiary alicyclic amines) is 1. The average molecular weight is 276 g/mol. The number of carbonyl (C=O) groups is 2. The molecule has 1 aliphatic heterocycles. The third kappa shape index (κ3) is 3.36.